The number of rotatable bonds is 5. The van der Waals surface area contributed by atoms with Crippen LogP contribution in [-0.4, -0.2) is 26.8 Å². The van der Waals surface area contributed by atoms with Crippen molar-refractivity contribution >= 4 is 40.2 Å². The lowest BCUT2D eigenvalue weighted by Crippen LogP contribution is -2.41. The molecule has 0 unspecified atom stereocenters. The molecule has 5 nitrogen and oxygen atoms in total. The zero-order chi connectivity index (χ0) is 18.8. The minimum Gasteiger partial charge on any atom is -0.351 e. The Balaban J connectivity index is 2.38. The van der Waals surface area contributed by atoms with E-state index in [0.717, 1.165) is 0 Å². The van der Waals surface area contributed by atoms with Gasteiger partial charge in [-0.3, -0.25) is 14.2 Å². The fourth-order valence-electron chi connectivity index (χ4n) is 2.39. The highest BCUT2D eigenvalue weighted by molar-refractivity contribution is 7.99. The summed E-state index contributed by atoms with van der Waals surface area (Å²) in [5, 5.41) is 4.47. The number of thioether (sulfide) groups is 1. The van der Waals surface area contributed by atoms with E-state index in [2.05, 4.69) is 10.3 Å². The third-order valence-electron chi connectivity index (χ3n) is 3.28. The van der Waals surface area contributed by atoms with E-state index < -0.39 is 0 Å². The van der Waals surface area contributed by atoms with Gasteiger partial charge in [-0.05, 0) is 44.9 Å². The van der Waals surface area contributed by atoms with Gasteiger partial charge in [-0.2, -0.15) is 0 Å². The zero-order valence-electron chi connectivity index (χ0n) is 15.2. The van der Waals surface area contributed by atoms with E-state index in [1.807, 2.05) is 34.6 Å². The van der Waals surface area contributed by atoms with Gasteiger partial charge in [0.25, 0.3) is 5.56 Å². The number of nitrogens with zero attached hydrogens (tertiary/aromatic N) is 2. The minimum absolute atomic E-state index is 0.0842. The quantitative estimate of drug-likeness (QED) is 0.633. The number of halogens is 1. The van der Waals surface area contributed by atoms with Crippen LogP contribution in [0.4, 0.5) is 0 Å². The molecule has 0 bridgehead atoms. The first-order valence-corrected chi connectivity index (χ1v) is 9.57. The van der Waals surface area contributed by atoms with Crippen molar-refractivity contribution in [3.63, 3.8) is 0 Å². The van der Waals surface area contributed by atoms with Crippen molar-refractivity contribution in [1.82, 2.24) is 14.9 Å². The maximum Gasteiger partial charge on any atom is 0.262 e. The van der Waals surface area contributed by atoms with Crippen molar-refractivity contribution in [3.05, 3.63) is 33.6 Å². The van der Waals surface area contributed by atoms with E-state index in [1.54, 1.807) is 22.8 Å². The van der Waals surface area contributed by atoms with Crippen LogP contribution in [0.15, 0.2) is 28.2 Å². The van der Waals surface area contributed by atoms with Gasteiger partial charge < -0.3 is 5.32 Å². The predicted octanol–water partition coefficient (Wildman–Crippen LogP) is 3.71. The number of aromatic nitrogens is 2. The molecule has 1 amide bonds. The van der Waals surface area contributed by atoms with Crippen LogP contribution < -0.4 is 10.9 Å². The smallest absolute Gasteiger partial charge is 0.262 e. The standard InChI is InChI=1S/C18H24ClN3O2S/c1-11(2)9-22-16(24)13-8-12(19)6-7-14(13)20-17(22)25-10-15(23)21-18(3,4)5/h6-8,11H,9-10H2,1-5H3,(H,21,23). The molecule has 0 aliphatic heterocycles. The first kappa shape index (κ1) is 19.8. The largest absolute Gasteiger partial charge is 0.351 e. The summed E-state index contributed by atoms with van der Waals surface area (Å²) in [4.78, 5) is 29.5. The Kier molecular flexibility index (Phi) is 6.16. The molecular formula is C18H24ClN3O2S. The number of hydrogen-bond acceptors (Lipinski definition) is 4. The lowest BCUT2D eigenvalue weighted by atomic mass is 10.1. The number of fused-ring (bicyclic) bond motifs is 1. The molecule has 2 rings (SSSR count). The van der Waals surface area contributed by atoms with Crippen molar-refractivity contribution < 1.29 is 4.79 Å². The fourth-order valence-corrected chi connectivity index (χ4v) is 3.37. The van der Waals surface area contributed by atoms with Crippen molar-refractivity contribution in [2.45, 2.75) is 51.9 Å². The van der Waals surface area contributed by atoms with E-state index in [4.69, 9.17) is 11.6 Å². The lowest BCUT2D eigenvalue weighted by molar-refractivity contribution is -0.119. The van der Waals surface area contributed by atoms with Crippen LogP contribution in [0.5, 0.6) is 0 Å². The Bertz CT molecular complexity index is 841. The number of carbonyl (C=O) groups excluding carboxylic acids is 1. The lowest BCUT2D eigenvalue weighted by Gasteiger charge is -2.20. The topological polar surface area (TPSA) is 64.0 Å². The molecule has 0 saturated heterocycles. The molecule has 1 aromatic carbocycles. The number of benzene rings is 1. The molecule has 2 aromatic rings. The molecule has 1 heterocycles. The highest BCUT2D eigenvalue weighted by atomic mass is 35.5. The van der Waals surface area contributed by atoms with Crippen molar-refractivity contribution in [1.29, 1.82) is 0 Å². The molecule has 1 aromatic heterocycles. The number of nitrogens with one attached hydrogen (secondary N) is 1. The third-order valence-corrected chi connectivity index (χ3v) is 4.49. The molecule has 25 heavy (non-hydrogen) atoms. The summed E-state index contributed by atoms with van der Waals surface area (Å²) >= 11 is 7.30. The number of carbonyl (C=O) groups is 1. The summed E-state index contributed by atoms with van der Waals surface area (Å²) < 4.78 is 1.64. The summed E-state index contributed by atoms with van der Waals surface area (Å²) in [5.41, 5.74) is 0.177. The van der Waals surface area contributed by atoms with Gasteiger partial charge in [0, 0.05) is 17.1 Å². The highest BCUT2D eigenvalue weighted by Crippen LogP contribution is 2.21. The van der Waals surface area contributed by atoms with Crippen LogP contribution in [0.1, 0.15) is 34.6 Å². The normalized spacial score (nSPS) is 12.0. The number of amides is 1. The van der Waals surface area contributed by atoms with Crippen LogP contribution in [-0.2, 0) is 11.3 Å². The third kappa shape index (κ3) is 5.47. The van der Waals surface area contributed by atoms with Crippen LogP contribution in [0, 0.1) is 5.92 Å². The second-order valence-electron chi connectivity index (χ2n) is 7.45. The molecule has 0 saturated carbocycles. The van der Waals surface area contributed by atoms with Crippen LogP contribution >= 0.6 is 23.4 Å². The average Bonchev–Trinajstić information content (AvgIpc) is 2.47. The van der Waals surface area contributed by atoms with E-state index in [9.17, 15) is 9.59 Å². The van der Waals surface area contributed by atoms with Gasteiger partial charge in [0.05, 0.1) is 16.7 Å². The van der Waals surface area contributed by atoms with E-state index >= 15 is 0 Å². The summed E-state index contributed by atoms with van der Waals surface area (Å²) in [7, 11) is 0. The van der Waals surface area contributed by atoms with Crippen molar-refractivity contribution in [3.8, 4) is 0 Å². The summed E-state index contributed by atoms with van der Waals surface area (Å²) in [6.07, 6.45) is 0. The van der Waals surface area contributed by atoms with Gasteiger partial charge >= 0.3 is 0 Å². The molecule has 0 fully saturated rings. The summed E-state index contributed by atoms with van der Waals surface area (Å²) in [6.45, 7) is 10.4. The SMILES string of the molecule is CC(C)Cn1c(SCC(=O)NC(C)(C)C)nc2ccc(Cl)cc2c1=O. The van der Waals surface area contributed by atoms with Crippen LogP contribution in [0.3, 0.4) is 0 Å². The Morgan fingerprint density at radius 1 is 1.36 bits per heavy atom. The second-order valence-corrected chi connectivity index (χ2v) is 8.83. The molecule has 0 radical (unpaired) electrons. The maximum atomic E-state index is 12.9. The first-order valence-electron chi connectivity index (χ1n) is 8.21. The Morgan fingerprint density at radius 2 is 2.04 bits per heavy atom. The Hall–Kier alpha value is -1.53. The summed E-state index contributed by atoms with van der Waals surface area (Å²) in [5.74, 6) is 0.402. The summed E-state index contributed by atoms with van der Waals surface area (Å²) in [6, 6.07) is 5.09. The molecule has 7 heteroatoms. The number of hydrogen-bond donors (Lipinski definition) is 1. The van der Waals surface area contributed by atoms with Gasteiger partial charge in [0.15, 0.2) is 5.16 Å². The van der Waals surface area contributed by atoms with Gasteiger partial charge in [-0.15, -0.1) is 0 Å². The molecule has 0 aliphatic rings. The zero-order valence-corrected chi connectivity index (χ0v) is 16.8. The molecule has 0 aliphatic carbocycles. The fraction of sp³-hybridized carbons (Fsp3) is 0.500. The molecular weight excluding hydrogens is 358 g/mol. The monoisotopic (exact) mass is 381 g/mol. The molecule has 1 N–H and O–H groups in total. The van der Waals surface area contributed by atoms with E-state index in [-0.39, 0.29) is 28.7 Å². The molecule has 0 atom stereocenters. The molecule has 136 valence electrons. The predicted molar refractivity (Wildman–Crippen MR) is 104 cm³/mol. The van der Waals surface area contributed by atoms with Crippen LogP contribution in [0.25, 0.3) is 10.9 Å². The van der Waals surface area contributed by atoms with Crippen molar-refractivity contribution in [2.75, 3.05) is 5.75 Å². The van der Waals surface area contributed by atoms with Gasteiger partial charge in [0.1, 0.15) is 0 Å². The Morgan fingerprint density at radius 3 is 2.64 bits per heavy atom. The maximum absolute atomic E-state index is 12.9. The van der Waals surface area contributed by atoms with Gasteiger partial charge in [0.2, 0.25) is 5.91 Å². The first-order chi connectivity index (χ1) is 11.6. The second kappa shape index (κ2) is 7.79. The van der Waals surface area contributed by atoms with Gasteiger partial charge in [-0.1, -0.05) is 37.2 Å². The average molecular weight is 382 g/mol. The van der Waals surface area contributed by atoms with E-state index in [0.29, 0.717) is 27.6 Å². The Labute approximate surface area is 157 Å². The van der Waals surface area contributed by atoms with Crippen molar-refractivity contribution in [2.24, 2.45) is 5.92 Å². The molecule has 0 spiro atoms. The minimum atomic E-state index is -0.289. The highest BCUT2D eigenvalue weighted by Gasteiger charge is 2.17. The van der Waals surface area contributed by atoms with Crippen LogP contribution in [0.2, 0.25) is 5.02 Å². The van der Waals surface area contributed by atoms with Gasteiger partial charge in [-0.25, -0.2) is 4.98 Å². The van der Waals surface area contributed by atoms with E-state index in [1.165, 1.54) is 11.8 Å².